The van der Waals surface area contributed by atoms with E-state index in [2.05, 4.69) is 33.9 Å². The normalized spacial score (nSPS) is 26.7. The van der Waals surface area contributed by atoms with Crippen molar-refractivity contribution in [2.45, 2.75) is 58.8 Å². The van der Waals surface area contributed by atoms with Crippen molar-refractivity contribution in [2.24, 2.45) is 16.8 Å². The lowest BCUT2D eigenvalue weighted by Gasteiger charge is -2.31. The molecule has 3 fully saturated rings. The lowest BCUT2D eigenvalue weighted by molar-refractivity contribution is 0.188. The molecular formula is C22H43N5. The monoisotopic (exact) mass is 377 g/mol. The topological polar surface area (TPSA) is 34.1 Å². The second-order valence-electron chi connectivity index (χ2n) is 8.86. The molecule has 5 heteroatoms. The summed E-state index contributed by atoms with van der Waals surface area (Å²) in [5, 5.41) is 3.56. The van der Waals surface area contributed by atoms with Crippen LogP contribution in [0.2, 0.25) is 0 Å². The molecule has 3 saturated heterocycles. The first-order valence-electron chi connectivity index (χ1n) is 11.8. The number of nitrogens with zero attached hydrogens (tertiary/aromatic N) is 4. The molecule has 0 aromatic heterocycles. The van der Waals surface area contributed by atoms with Crippen molar-refractivity contribution in [3.8, 4) is 0 Å². The molecule has 27 heavy (non-hydrogen) atoms. The highest BCUT2D eigenvalue weighted by Gasteiger charge is 2.27. The van der Waals surface area contributed by atoms with Crippen LogP contribution in [0.3, 0.4) is 0 Å². The summed E-state index contributed by atoms with van der Waals surface area (Å²) in [6.07, 6.45) is 9.55. The van der Waals surface area contributed by atoms with Gasteiger partial charge in [-0.15, -0.1) is 0 Å². The number of nitrogens with one attached hydrogen (secondary N) is 1. The predicted octanol–water partition coefficient (Wildman–Crippen LogP) is 2.88. The van der Waals surface area contributed by atoms with Crippen molar-refractivity contribution in [1.29, 1.82) is 0 Å². The van der Waals surface area contributed by atoms with Crippen molar-refractivity contribution in [3.05, 3.63) is 0 Å². The van der Waals surface area contributed by atoms with E-state index in [0.29, 0.717) is 0 Å². The van der Waals surface area contributed by atoms with Gasteiger partial charge in [-0.2, -0.15) is 0 Å². The zero-order valence-electron chi connectivity index (χ0n) is 18.0. The molecule has 0 amide bonds. The number of rotatable bonds is 7. The van der Waals surface area contributed by atoms with Gasteiger partial charge in [0, 0.05) is 32.7 Å². The van der Waals surface area contributed by atoms with Crippen molar-refractivity contribution >= 4 is 5.96 Å². The average molecular weight is 378 g/mol. The third kappa shape index (κ3) is 6.63. The van der Waals surface area contributed by atoms with Gasteiger partial charge in [0.15, 0.2) is 5.96 Å². The zero-order valence-corrected chi connectivity index (χ0v) is 18.0. The number of aliphatic imine (C=N–C) groups is 1. The van der Waals surface area contributed by atoms with E-state index in [-0.39, 0.29) is 0 Å². The molecule has 3 heterocycles. The molecule has 0 spiro atoms. The Bertz CT molecular complexity index is 438. The summed E-state index contributed by atoms with van der Waals surface area (Å²) in [5.41, 5.74) is 0. The Labute approximate surface area is 167 Å². The van der Waals surface area contributed by atoms with Crippen molar-refractivity contribution in [2.75, 3.05) is 65.4 Å². The van der Waals surface area contributed by atoms with E-state index in [1.807, 2.05) is 0 Å². The van der Waals surface area contributed by atoms with Crippen LogP contribution >= 0.6 is 0 Å². The first-order chi connectivity index (χ1) is 13.3. The van der Waals surface area contributed by atoms with Crippen LogP contribution in [0.4, 0.5) is 0 Å². The van der Waals surface area contributed by atoms with Crippen LogP contribution in [0.5, 0.6) is 0 Å². The predicted molar refractivity (Wildman–Crippen MR) is 115 cm³/mol. The summed E-state index contributed by atoms with van der Waals surface area (Å²) < 4.78 is 0. The maximum atomic E-state index is 5.01. The Balaban J connectivity index is 1.41. The number of hydrogen-bond acceptors (Lipinski definition) is 3. The second kappa shape index (κ2) is 11.3. The maximum Gasteiger partial charge on any atom is 0.193 e. The molecule has 3 rings (SSSR count). The van der Waals surface area contributed by atoms with Gasteiger partial charge in [0.1, 0.15) is 0 Å². The molecule has 1 N–H and O–H groups in total. The van der Waals surface area contributed by atoms with Gasteiger partial charge in [-0.1, -0.05) is 13.3 Å². The highest BCUT2D eigenvalue weighted by molar-refractivity contribution is 5.80. The lowest BCUT2D eigenvalue weighted by Crippen LogP contribution is -2.41. The average Bonchev–Trinajstić information content (AvgIpc) is 3.17. The van der Waals surface area contributed by atoms with Gasteiger partial charge in [-0.3, -0.25) is 4.99 Å². The van der Waals surface area contributed by atoms with Crippen LogP contribution in [0.25, 0.3) is 0 Å². The van der Waals surface area contributed by atoms with Crippen molar-refractivity contribution in [1.82, 2.24) is 20.0 Å². The van der Waals surface area contributed by atoms with Gasteiger partial charge in [0.2, 0.25) is 0 Å². The fourth-order valence-electron chi connectivity index (χ4n) is 5.05. The zero-order chi connectivity index (χ0) is 18.9. The van der Waals surface area contributed by atoms with Crippen LogP contribution in [0, 0.1) is 11.8 Å². The Morgan fingerprint density at radius 2 is 1.63 bits per heavy atom. The summed E-state index contributed by atoms with van der Waals surface area (Å²) in [6.45, 7) is 16.5. The molecule has 1 unspecified atom stereocenters. The van der Waals surface area contributed by atoms with Crippen molar-refractivity contribution < 1.29 is 0 Å². The van der Waals surface area contributed by atoms with Crippen molar-refractivity contribution in [3.63, 3.8) is 0 Å². The minimum absolute atomic E-state index is 0.824. The molecule has 0 bridgehead atoms. The van der Waals surface area contributed by atoms with Gasteiger partial charge in [-0.05, 0) is 90.0 Å². The van der Waals surface area contributed by atoms with E-state index >= 15 is 0 Å². The van der Waals surface area contributed by atoms with E-state index in [0.717, 1.165) is 24.9 Å². The van der Waals surface area contributed by atoms with E-state index < -0.39 is 0 Å². The van der Waals surface area contributed by atoms with Crippen LogP contribution in [0.1, 0.15) is 58.8 Å². The molecule has 3 aliphatic rings. The Kier molecular flexibility index (Phi) is 8.72. The molecule has 5 nitrogen and oxygen atoms in total. The third-order valence-corrected chi connectivity index (χ3v) is 6.84. The molecule has 0 saturated carbocycles. The smallest absolute Gasteiger partial charge is 0.193 e. The molecule has 0 aromatic rings. The highest BCUT2D eigenvalue weighted by atomic mass is 15.3. The summed E-state index contributed by atoms with van der Waals surface area (Å²) in [4.78, 5) is 12.8. The highest BCUT2D eigenvalue weighted by Crippen LogP contribution is 2.22. The van der Waals surface area contributed by atoms with Gasteiger partial charge in [-0.25, -0.2) is 0 Å². The van der Waals surface area contributed by atoms with E-state index in [9.17, 15) is 0 Å². The third-order valence-electron chi connectivity index (χ3n) is 6.84. The van der Waals surface area contributed by atoms with Crippen LogP contribution in [0.15, 0.2) is 4.99 Å². The van der Waals surface area contributed by atoms with Crippen LogP contribution in [-0.2, 0) is 0 Å². The van der Waals surface area contributed by atoms with Crippen LogP contribution in [-0.4, -0.2) is 86.1 Å². The molecule has 0 aromatic carbocycles. The standard InChI is InChI=1S/C22H43N5/c1-3-23-22(24-12-8-20-9-15-25(4-2)16-10-20)27-17-11-21(19-27)18-26-13-6-5-7-14-26/h20-21H,3-19H2,1-2H3,(H,23,24). The summed E-state index contributed by atoms with van der Waals surface area (Å²) >= 11 is 0. The SMILES string of the molecule is CCNC(=NCCC1CCN(CC)CC1)N1CCC(CN2CCCCC2)C1. The summed E-state index contributed by atoms with van der Waals surface area (Å²) in [6, 6.07) is 0. The van der Waals surface area contributed by atoms with Gasteiger partial charge < -0.3 is 20.0 Å². The molecule has 1 atom stereocenters. The quantitative estimate of drug-likeness (QED) is 0.546. The summed E-state index contributed by atoms with van der Waals surface area (Å²) in [5.74, 6) is 2.87. The van der Waals surface area contributed by atoms with E-state index in [1.54, 1.807) is 0 Å². The fourth-order valence-corrected chi connectivity index (χ4v) is 5.05. The molecule has 156 valence electrons. The van der Waals surface area contributed by atoms with Gasteiger partial charge >= 0.3 is 0 Å². The van der Waals surface area contributed by atoms with E-state index in [4.69, 9.17) is 4.99 Å². The Hall–Kier alpha value is -0.810. The Morgan fingerprint density at radius 3 is 2.33 bits per heavy atom. The molecular weight excluding hydrogens is 334 g/mol. The second-order valence-corrected chi connectivity index (χ2v) is 8.86. The van der Waals surface area contributed by atoms with Gasteiger partial charge in [0.25, 0.3) is 0 Å². The largest absolute Gasteiger partial charge is 0.357 e. The minimum atomic E-state index is 0.824. The maximum absolute atomic E-state index is 5.01. The first kappa shape index (κ1) is 20.9. The Morgan fingerprint density at radius 1 is 0.889 bits per heavy atom. The lowest BCUT2D eigenvalue weighted by atomic mass is 9.94. The molecule has 0 radical (unpaired) electrons. The number of piperidine rings is 2. The first-order valence-corrected chi connectivity index (χ1v) is 11.8. The fraction of sp³-hybridized carbons (Fsp3) is 0.955. The summed E-state index contributed by atoms with van der Waals surface area (Å²) in [7, 11) is 0. The number of guanidine groups is 1. The van der Waals surface area contributed by atoms with Crippen LogP contribution < -0.4 is 5.32 Å². The van der Waals surface area contributed by atoms with E-state index in [1.165, 1.54) is 103 Å². The number of likely N-dealkylation sites (tertiary alicyclic amines) is 3. The van der Waals surface area contributed by atoms with Gasteiger partial charge in [0.05, 0.1) is 0 Å². The minimum Gasteiger partial charge on any atom is -0.357 e. The molecule has 3 aliphatic heterocycles. The molecule has 0 aliphatic carbocycles. The number of hydrogen-bond donors (Lipinski definition) is 1.